The van der Waals surface area contributed by atoms with Gasteiger partial charge in [0.05, 0.1) is 11.6 Å². The number of fused-ring (bicyclic) bond motifs is 9. The third kappa shape index (κ3) is 1.97. The largest absolute Gasteiger partial charge is 0.282 e. The number of hydrogen-bond acceptors (Lipinski definition) is 3. The average Bonchev–Trinajstić information content (AvgIpc) is 3.39. The molecule has 140 valence electrons. The minimum absolute atomic E-state index is 0.106. The third-order valence-electron chi connectivity index (χ3n) is 6.18. The Kier molecular flexibility index (Phi) is 3.03. The number of benzene rings is 2. The normalized spacial score (nSPS) is 13.2. The summed E-state index contributed by atoms with van der Waals surface area (Å²) in [6.45, 7) is 0. The van der Waals surface area contributed by atoms with Gasteiger partial charge in [-0.15, -0.1) is 0 Å². The molecule has 4 aromatic heterocycles. The first kappa shape index (κ1) is 15.8. The van der Waals surface area contributed by atoms with Crippen LogP contribution < -0.4 is 0 Å². The molecule has 4 nitrogen and oxygen atoms in total. The van der Waals surface area contributed by atoms with Crippen molar-refractivity contribution in [3.8, 4) is 11.1 Å². The maximum absolute atomic E-state index is 5.13. The molecule has 0 unspecified atom stereocenters. The molecule has 0 N–H and O–H groups in total. The van der Waals surface area contributed by atoms with Crippen LogP contribution in [0.25, 0.3) is 38.7 Å². The summed E-state index contributed by atoms with van der Waals surface area (Å²) in [6.07, 6.45) is 5.81. The lowest BCUT2D eigenvalue weighted by molar-refractivity contribution is 0.966. The quantitative estimate of drug-likeness (QED) is 0.347. The van der Waals surface area contributed by atoms with Gasteiger partial charge in [-0.05, 0) is 40.5 Å². The number of pyridine rings is 3. The van der Waals surface area contributed by atoms with Crippen molar-refractivity contribution in [2.24, 2.45) is 0 Å². The monoisotopic (exact) mass is 384 g/mol. The van der Waals surface area contributed by atoms with Gasteiger partial charge in [-0.1, -0.05) is 54.6 Å². The number of aromatic nitrogens is 4. The van der Waals surface area contributed by atoms with Crippen LogP contribution in [0.3, 0.4) is 0 Å². The molecule has 0 radical (unpaired) electrons. The first-order valence-electron chi connectivity index (χ1n) is 10.1. The van der Waals surface area contributed by atoms with Crippen LogP contribution in [-0.4, -0.2) is 19.4 Å². The van der Waals surface area contributed by atoms with Gasteiger partial charge in [0.2, 0.25) is 0 Å². The van der Waals surface area contributed by atoms with E-state index in [1.165, 1.54) is 22.3 Å². The van der Waals surface area contributed by atoms with E-state index < -0.39 is 0 Å². The molecule has 2 aromatic carbocycles. The fourth-order valence-electron chi connectivity index (χ4n) is 4.94. The second kappa shape index (κ2) is 5.74. The van der Waals surface area contributed by atoms with E-state index in [9.17, 15) is 0 Å². The highest BCUT2D eigenvalue weighted by Crippen LogP contribution is 2.47. The number of imidazole rings is 1. The summed E-state index contributed by atoms with van der Waals surface area (Å²) < 4.78 is 2.10. The van der Waals surface area contributed by atoms with E-state index in [4.69, 9.17) is 4.98 Å². The second-order valence-electron chi connectivity index (χ2n) is 7.74. The van der Waals surface area contributed by atoms with Crippen LogP contribution in [0.15, 0.2) is 91.4 Å². The van der Waals surface area contributed by atoms with E-state index in [-0.39, 0.29) is 5.92 Å². The Balaban J connectivity index is 1.60. The predicted octanol–water partition coefficient (Wildman–Crippen LogP) is 5.59. The average molecular weight is 384 g/mol. The summed E-state index contributed by atoms with van der Waals surface area (Å²) >= 11 is 0. The summed E-state index contributed by atoms with van der Waals surface area (Å²) in [5.74, 6) is 0.106. The molecular formula is C26H16N4. The van der Waals surface area contributed by atoms with E-state index in [2.05, 4.69) is 81.2 Å². The van der Waals surface area contributed by atoms with Gasteiger partial charge in [0.25, 0.3) is 0 Å². The van der Waals surface area contributed by atoms with E-state index >= 15 is 0 Å². The molecular weight excluding hydrogens is 368 g/mol. The van der Waals surface area contributed by atoms with E-state index in [1.54, 1.807) is 0 Å². The van der Waals surface area contributed by atoms with Crippen molar-refractivity contribution in [3.63, 3.8) is 0 Å². The molecule has 4 heterocycles. The summed E-state index contributed by atoms with van der Waals surface area (Å²) in [7, 11) is 0. The molecule has 1 aliphatic carbocycles. The minimum Gasteiger partial charge on any atom is -0.282 e. The smallest absolute Gasteiger partial charge is 0.165 e. The van der Waals surface area contributed by atoms with Crippen LogP contribution in [0.1, 0.15) is 22.7 Å². The zero-order valence-corrected chi connectivity index (χ0v) is 16.0. The highest BCUT2D eigenvalue weighted by Gasteiger charge is 2.31. The van der Waals surface area contributed by atoms with Gasteiger partial charge in [-0.3, -0.25) is 9.38 Å². The Labute approximate surface area is 172 Å². The van der Waals surface area contributed by atoms with Gasteiger partial charge >= 0.3 is 0 Å². The fraction of sp³-hybridized carbons (Fsp3) is 0.0385. The Morgan fingerprint density at radius 2 is 1.30 bits per heavy atom. The van der Waals surface area contributed by atoms with Crippen LogP contribution in [0.4, 0.5) is 0 Å². The maximum Gasteiger partial charge on any atom is 0.165 e. The number of hydrogen-bond donors (Lipinski definition) is 0. The molecule has 0 saturated heterocycles. The molecule has 0 aliphatic heterocycles. The summed E-state index contributed by atoms with van der Waals surface area (Å²) in [4.78, 5) is 14.5. The summed E-state index contributed by atoms with van der Waals surface area (Å²) in [5, 5.41) is 2.17. The topological polar surface area (TPSA) is 43.1 Å². The lowest BCUT2D eigenvalue weighted by atomic mass is 9.94. The SMILES string of the molecule is c1ccc2c(c1)-c1ccccc1C2c1cn2c3ncccc3c3cccnc3c2n1. The van der Waals surface area contributed by atoms with Crippen molar-refractivity contribution in [2.45, 2.75) is 5.92 Å². The second-order valence-corrected chi connectivity index (χ2v) is 7.74. The Bertz CT molecular complexity index is 1490. The molecule has 30 heavy (non-hydrogen) atoms. The van der Waals surface area contributed by atoms with Gasteiger partial charge in [-0.25, -0.2) is 9.97 Å². The Morgan fingerprint density at radius 1 is 0.633 bits per heavy atom. The van der Waals surface area contributed by atoms with E-state index in [0.717, 1.165) is 33.3 Å². The molecule has 0 fully saturated rings. The maximum atomic E-state index is 5.13. The molecule has 4 heteroatoms. The van der Waals surface area contributed by atoms with Crippen LogP contribution in [0, 0.1) is 0 Å². The Hall–Kier alpha value is -4.05. The van der Waals surface area contributed by atoms with Crippen molar-refractivity contribution >= 4 is 27.6 Å². The highest BCUT2D eigenvalue weighted by atomic mass is 15.1. The van der Waals surface area contributed by atoms with Crippen LogP contribution in [0.5, 0.6) is 0 Å². The van der Waals surface area contributed by atoms with E-state index in [1.807, 2.05) is 24.5 Å². The molecule has 6 aromatic rings. The van der Waals surface area contributed by atoms with Crippen molar-refractivity contribution < 1.29 is 0 Å². The molecule has 1 aliphatic rings. The molecule has 0 bridgehead atoms. The van der Waals surface area contributed by atoms with E-state index in [0.29, 0.717) is 0 Å². The Morgan fingerprint density at radius 3 is 2.07 bits per heavy atom. The zero-order valence-electron chi connectivity index (χ0n) is 16.0. The van der Waals surface area contributed by atoms with Gasteiger partial charge in [0.1, 0.15) is 11.2 Å². The number of rotatable bonds is 1. The van der Waals surface area contributed by atoms with Gasteiger partial charge in [-0.2, -0.15) is 0 Å². The number of nitrogens with zero attached hydrogens (tertiary/aromatic N) is 4. The van der Waals surface area contributed by atoms with Gasteiger partial charge in [0.15, 0.2) is 5.65 Å². The summed E-state index contributed by atoms with van der Waals surface area (Å²) in [5.41, 5.74) is 8.89. The molecule has 0 amide bonds. The minimum atomic E-state index is 0.106. The first-order valence-corrected chi connectivity index (χ1v) is 10.1. The highest BCUT2D eigenvalue weighted by molar-refractivity contribution is 6.08. The molecule has 0 atom stereocenters. The van der Waals surface area contributed by atoms with Crippen LogP contribution in [-0.2, 0) is 0 Å². The van der Waals surface area contributed by atoms with Gasteiger partial charge < -0.3 is 0 Å². The fourth-order valence-corrected chi connectivity index (χ4v) is 4.94. The van der Waals surface area contributed by atoms with Crippen LogP contribution >= 0.6 is 0 Å². The first-order chi connectivity index (χ1) is 14.9. The standard InChI is InChI=1S/C26H16N4/c1-3-9-18-16(7-1)17-8-2-4-10-19(17)23(18)22-15-30-25-21(12-6-14-28-25)20-11-5-13-27-24(20)26(30)29-22/h1-15,23H. The molecule has 7 rings (SSSR count). The third-order valence-corrected chi connectivity index (χ3v) is 6.18. The molecule has 0 spiro atoms. The predicted molar refractivity (Wildman–Crippen MR) is 119 cm³/mol. The van der Waals surface area contributed by atoms with Crippen molar-refractivity contribution in [2.75, 3.05) is 0 Å². The summed E-state index contributed by atoms with van der Waals surface area (Å²) in [6, 6.07) is 25.4. The zero-order chi connectivity index (χ0) is 19.7. The lowest BCUT2D eigenvalue weighted by Crippen LogP contribution is -1.99. The molecule has 0 saturated carbocycles. The van der Waals surface area contributed by atoms with Crippen LogP contribution in [0.2, 0.25) is 0 Å². The van der Waals surface area contributed by atoms with Crippen molar-refractivity contribution in [1.82, 2.24) is 19.4 Å². The van der Waals surface area contributed by atoms with Crippen molar-refractivity contribution in [1.29, 1.82) is 0 Å². The van der Waals surface area contributed by atoms with Crippen molar-refractivity contribution in [3.05, 3.63) is 108 Å². The lowest BCUT2D eigenvalue weighted by Gasteiger charge is -2.10. The van der Waals surface area contributed by atoms with Gasteiger partial charge in [0, 0.05) is 29.4 Å².